The molecule has 150 valence electrons. The van der Waals surface area contributed by atoms with Crippen LogP contribution in [0.4, 0.5) is 8.78 Å². The van der Waals surface area contributed by atoms with Crippen molar-refractivity contribution in [2.24, 2.45) is 4.99 Å². The van der Waals surface area contributed by atoms with E-state index in [1.807, 2.05) is 18.2 Å². The molecule has 7 nitrogen and oxygen atoms in total. The molecule has 2 aromatic rings. The molecule has 2 N–H and O–H groups in total. The van der Waals surface area contributed by atoms with Crippen molar-refractivity contribution >= 4 is 5.96 Å². The number of nitrogens with zero attached hydrogens (tertiary/aromatic N) is 1. The molecular formula is C19H21F2N3O4. The Balaban J connectivity index is 1.56. The number of hydrogen-bond donors (Lipinski definition) is 2. The minimum atomic E-state index is -2.92. The van der Waals surface area contributed by atoms with Gasteiger partial charge in [-0.15, -0.1) is 0 Å². The van der Waals surface area contributed by atoms with Gasteiger partial charge in [0.2, 0.25) is 6.79 Å². The molecule has 0 fully saturated rings. The highest BCUT2D eigenvalue weighted by Crippen LogP contribution is 2.32. The molecule has 1 aliphatic heterocycles. The number of fused-ring (bicyclic) bond motifs is 1. The lowest BCUT2D eigenvalue weighted by molar-refractivity contribution is -0.0512. The molecule has 0 radical (unpaired) electrons. The average Bonchev–Trinajstić information content (AvgIpc) is 3.15. The van der Waals surface area contributed by atoms with Crippen molar-refractivity contribution in [3.8, 4) is 23.0 Å². The quantitative estimate of drug-likeness (QED) is 0.557. The van der Waals surface area contributed by atoms with Gasteiger partial charge in [-0.05, 0) is 35.4 Å². The van der Waals surface area contributed by atoms with Crippen LogP contribution in [0.3, 0.4) is 0 Å². The number of methoxy groups -OCH3 is 1. The summed E-state index contributed by atoms with van der Waals surface area (Å²) in [6.07, 6.45) is 0. The van der Waals surface area contributed by atoms with E-state index in [1.165, 1.54) is 13.2 Å². The molecule has 3 rings (SSSR count). The SMILES string of the molecule is CN=C(NCc1ccc2c(c1)OCO2)NCc1ccc(OC)c(OC(F)F)c1. The van der Waals surface area contributed by atoms with Crippen LogP contribution in [0.5, 0.6) is 23.0 Å². The average molecular weight is 393 g/mol. The van der Waals surface area contributed by atoms with E-state index in [0.717, 1.165) is 16.9 Å². The van der Waals surface area contributed by atoms with Crippen LogP contribution in [-0.4, -0.2) is 33.5 Å². The van der Waals surface area contributed by atoms with Gasteiger partial charge < -0.3 is 29.6 Å². The molecule has 0 spiro atoms. The number of rotatable bonds is 7. The maximum Gasteiger partial charge on any atom is 0.387 e. The number of benzene rings is 2. The molecule has 0 amide bonds. The van der Waals surface area contributed by atoms with E-state index in [1.54, 1.807) is 19.2 Å². The van der Waals surface area contributed by atoms with E-state index >= 15 is 0 Å². The van der Waals surface area contributed by atoms with Crippen LogP contribution < -0.4 is 29.6 Å². The third-order valence-electron chi connectivity index (χ3n) is 4.02. The van der Waals surface area contributed by atoms with E-state index in [4.69, 9.17) is 14.2 Å². The zero-order valence-electron chi connectivity index (χ0n) is 15.5. The van der Waals surface area contributed by atoms with Crippen molar-refractivity contribution in [1.29, 1.82) is 0 Å². The van der Waals surface area contributed by atoms with E-state index in [-0.39, 0.29) is 18.3 Å². The van der Waals surface area contributed by atoms with Crippen LogP contribution in [0.1, 0.15) is 11.1 Å². The predicted octanol–water partition coefficient (Wildman–Crippen LogP) is 2.89. The minimum Gasteiger partial charge on any atom is -0.493 e. The van der Waals surface area contributed by atoms with Crippen molar-refractivity contribution in [2.45, 2.75) is 19.7 Å². The van der Waals surface area contributed by atoms with Gasteiger partial charge in [0.15, 0.2) is 29.0 Å². The van der Waals surface area contributed by atoms with Crippen LogP contribution in [0.2, 0.25) is 0 Å². The van der Waals surface area contributed by atoms with Gasteiger partial charge in [0, 0.05) is 20.1 Å². The van der Waals surface area contributed by atoms with E-state index in [2.05, 4.69) is 20.4 Å². The van der Waals surface area contributed by atoms with Gasteiger partial charge in [0.25, 0.3) is 0 Å². The first kappa shape index (κ1) is 19.5. The van der Waals surface area contributed by atoms with Crippen LogP contribution in [-0.2, 0) is 13.1 Å². The summed E-state index contributed by atoms with van der Waals surface area (Å²) in [6, 6.07) is 10.5. The molecule has 28 heavy (non-hydrogen) atoms. The van der Waals surface area contributed by atoms with E-state index in [9.17, 15) is 8.78 Å². The molecule has 0 unspecified atom stereocenters. The minimum absolute atomic E-state index is 0.0138. The largest absolute Gasteiger partial charge is 0.493 e. The molecule has 1 heterocycles. The van der Waals surface area contributed by atoms with Crippen molar-refractivity contribution < 1.29 is 27.7 Å². The Morgan fingerprint density at radius 2 is 1.71 bits per heavy atom. The van der Waals surface area contributed by atoms with Crippen LogP contribution in [0.25, 0.3) is 0 Å². The van der Waals surface area contributed by atoms with Gasteiger partial charge in [-0.1, -0.05) is 12.1 Å². The summed E-state index contributed by atoms with van der Waals surface area (Å²) in [4.78, 5) is 4.16. The number of guanidine groups is 1. The predicted molar refractivity (Wildman–Crippen MR) is 99.2 cm³/mol. The Hall–Kier alpha value is -3.23. The molecule has 0 saturated heterocycles. The highest BCUT2D eigenvalue weighted by molar-refractivity contribution is 5.79. The molecule has 2 aromatic carbocycles. The third kappa shape index (κ3) is 4.93. The van der Waals surface area contributed by atoms with E-state index in [0.29, 0.717) is 24.8 Å². The van der Waals surface area contributed by atoms with Crippen LogP contribution >= 0.6 is 0 Å². The second-order valence-corrected chi connectivity index (χ2v) is 5.83. The highest BCUT2D eigenvalue weighted by Gasteiger charge is 2.14. The summed E-state index contributed by atoms with van der Waals surface area (Å²) in [5.41, 5.74) is 1.74. The van der Waals surface area contributed by atoms with Crippen LogP contribution in [0, 0.1) is 0 Å². The molecule has 0 saturated carbocycles. The maximum atomic E-state index is 12.5. The van der Waals surface area contributed by atoms with Gasteiger partial charge in [0.05, 0.1) is 7.11 Å². The molecule has 9 heteroatoms. The zero-order chi connectivity index (χ0) is 19.9. The Bertz CT molecular complexity index is 846. The molecule has 1 aliphatic rings. The third-order valence-corrected chi connectivity index (χ3v) is 4.02. The number of nitrogens with one attached hydrogen (secondary N) is 2. The summed E-state index contributed by atoms with van der Waals surface area (Å²) in [5, 5.41) is 6.31. The van der Waals surface area contributed by atoms with Crippen molar-refractivity contribution in [3.05, 3.63) is 47.5 Å². The molecular weight excluding hydrogens is 372 g/mol. The summed E-state index contributed by atoms with van der Waals surface area (Å²) in [6.45, 7) is -1.80. The lowest BCUT2D eigenvalue weighted by atomic mass is 10.2. The Morgan fingerprint density at radius 1 is 1.04 bits per heavy atom. The molecule has 0 atom stereocenters. The highest BCUT2D eigenvalue weighted by atomic mass is 19.3. The number of aliphatic imine (C=N–C) groups is 1. The molecule has 0 bridgehead atoms. The fourth-order valence-corrected chi connectivity index (χ4v) is 2.66. The number of hydrogen-bond acceptors (Lipinski definition) is 5. The van der Waals surface area contributed by atoms with Gasteiger partial charge in [-0.25, -0.2) is 0 Å². The fourth-order valence-electron chi connectivity index (χ4n) is 2.66. The summed E-state index contributed by atoms with van der Waals surface area (Å²) >= 11 is 0. The molecule has 0 aromatic heterocycles. The lowest BCUT2D eigenvalue weighted by Crippen LogP contribution is -2.36. The smallest absolute Gasteiger partial charge is 0.387 e. The fraction of sp³-hybridized carbons (Fsp3) is 0.316. The van der Waals surface area contributed by atoms with Crippen LogP contribution in [0.15, 0.2) is 41.4 Å². The standard InChI is InChI=1S/C19H21F2N3O4/c1-22-19(23-9-12-4-6-15-16(7-12)27-11-26-15)24-10-13-3-5-14(25-2)17(8-13)28-18(20)21/h3-8,18H,9-11H2,1-2H3,(H2,22,23,24). The normalized spacial score (nSPS) is 12.8. The summed E-state index contributed by atoms with van der Waals surface area (Å²) in [7, 11) is 3.04. The van der Waals surface area contributed by atoms with Gasteiger partial charge in [0.1, 0.15) is 0 Å². The van der Waals surface area contributed by atoms with Crippen molar-refractivity contribution in [1.82, 2.24) is 10.6 Å². The Kier molecular flexibility index (Phi) is 6.36. The van der Waals surface area contributed by atoms with Crippen molar-refractivity contribution in [3.63, 3.8) is 0 Å². The van der Waals surface area contributed by atoms with Crippen molar-refractivity contribution in [2.75, 3.05) is 21.0 Å². The lowest BCUT2D eigenvalue weighted by Gasteiger charge is -2.14. The van der Waals surface area contributed by atoms with Gasteiger partial charge >= 0.3 is 6.61 Å². The second-order valence-electron chi connectivity index (χ2n) is 5.83. The van der Waals surface area contributed by atoms with Gasteiger partial charge in [-0.3, -0.25) is 4.99 Å². The summed E-state index contributed by atoms with van der Waals surface area (Å²) in [5.74, 6) is 2.24. The number of halogens is 2. The first-order valence-electron chi connectivity index (χ1n) is 8.54. The van der Waals surface area contributed by atoms with E-state index < -0.39 is 6.61 Å². The van der Waals surface area contributed by atoms with Gasteiger partial charge in [-0.2, -0.15) is 8.78 Å². The molecule has 0 aliphatic carbocycles. The Labute approximate surface area is 161 Å². The monoisotopic (exact) mass is 393 g/mol. The topological polar surface area (TPSA) is 73.3 Å². The first-order chi connectivity index (χ1) is 13.6. The number of ether oxygens (including phenoxy) is 4. The first-order valence-corrected chi connectivity index (χ1v) is 8.54. The second kappa shape index (κ2) is 9.12. The zero-order valence-corrected chi connectivity index (χ0v) is 15.5. The summed E-state index contributed by atoms with van der Waals surface area (Å²) < 4.78 is 45.3. The number of alkyl halides is 2. The Morgan fingerprint density at radius 3 is 2.39 bits per heavy atom. The maximum absolute atomic E-state index is 12.5.